The van der Waals surface area contributed by atoms with E-state index in [1.807, 2.05) is 47.4 Å². The maximum atomic E-state index is 11.3. The van der Waals surface area contributed by atoms with E-state index >= 15 is 0 Å². The quantitative estimate of drug-likeness (QED) is 0.578. The standard InChI is InChI=1S/C11H13NO.C9H10N2/c1-9(13)12-8-4-6-10-5-2-3-7-11(10)12;10-7-1-2-8-3-5-9(11)6-4-8/h2-3,5,7H,4,6,8H2,1H3;3-6H,7,10-11H2. The Morgan fingerprint density at radius 3 is 2.54 bits per heavy atom. The average molecular weight is 321 g/mol. The van der Waals surface area contributed by atoms with E-state index in [1.165, 1.54) is 5.56 Å². The second-order valence-corrected chi connectivity index (χ2v) is 5.53. The van der Waals surface area contributed by atoms with E-state index in [-0.39, 0.29) is 5.91 Å². The molecule has 1 amide bonds. The van der Waals surface area contributed by atoms with E-state index in [1.54, 1.807) is 6.92 Å². The summed E-state index contributed by atoms with van der Waals surface area (Å²) in [6.45, 7) is 2.89. The highest BCUT2D eigenvalue weighted by atomic mass is 16.2. The van der Waals surface area contributed by atoms with Crippen LogP contribution in [0.5, 0.6) is 0 Å². The van der Waals surface area contributed by atoms with Crippen molar-refractivity contribution in [3.8, 4) is 11.8 Å². The molecule has 0 fully saturated rings. The number of nitrogens with two attached hydrogens (primary N) is 2. The van der Waals surface area contributed by atoms with E-state index < -0.39 is 0 Å². The molecule has 2 aromatic carbocycles. The van der Waals surface area contributed by atoms with Gasteiger partial charge in [-0.05, 0) is 48.7 Å². The molecule has 0 unspecified atom stereocenters. The van der Waals surface area contributed by atoms with Gasteiger partial charge in [-0.3, -0.25) is 4.79 Å². The molecule has 4 heteroatoms. The SMILES string of the molecule is CC(=O)N1CCCc2ccccc21.NCC#Cc1ccc(N)cc1. The molecule has 124 valence electrons. The Balaban J connectivity index is 0.000000177. The Hall–Kier alpha value is -2.77. The highest BCUT2D eigenvalue weighted by molar-refractivity contribution is 5.92. The Morgan fingerprint density at radius 1 is 1.17 bits per heavy atom. The number of nitrogen functional groups attached to an aromatic ring is 1. The molecule has 1 heterocycles. The molecule has 0 aliphatic carbocycles. The first-order valence-electron chi connectivity index (χ1n) is 8.02. The lowest BCUT2D eigenvalue weighted by Crippen LogP contribution is -2.33. The van der Waals surface area contributed by atoms with Crippen molar-refractivity contribution in [3.63, 3.8) is 0 Å². The lowest BCUT2D eigenvalue weighted by atomic mass is 10.0. The number of amides is 1. The summed E-state index contributed by atoms with van der Waals surface area (Å²) >= 11 is 0. The first kappa shape index (κ1) is 17.6. The van der Waals surface area contributed by atoms with Gasteiger partial charge >= 0.3 is 0 Å². The summed E-state index contributed by atoms with van der Waals surface area (Å²) in [5.74, 6) is 5.81. The van der Waals surface area contributed by atoms with E-state index in [9.17, 15) is 4.79 Å². The Labute approximate surface area is 143 Å². The Bertz CT molecular complexity index is 741. The molecule has 3 rings (SSSR count). The molecule has 1 aliphatic heterocycles. The number of aryl methyl sites for hydroxylation is 1. The van der Waals surface area contributed by atoms with Gasteiger partial charge in [0.2, 0.25) is 5.91 Å². The molecule has 0 saturated carbocycles. The molecule has 0 atom stereocenters. The summed E-state index contributed by atoms with van der Waals surface area (Å²) in [4.78, 5) is 13.1. The minimum absolute atomic E-state index is 0.146. The van der Waals surface area contributed by atoms with Crippen molar-refractivity contribution in [1.29, 1.82) is 0 Å². The molecule has 0 spiro atoms. The number of hydrogen-bond donors (Lipinski definition) is 2. The zero-order chi connectivity index (χ0) is 17.4. The van der Waals surface area contributed by atoms with Crippen LogP contribution in [0.25, 0.3) is 0 Å². The molecule has 24 heavy (non-hydrogen) atoms. The van der Waals surface area contributed by atoms with Gasteiger partial charge in [-0.15, -0.1) is 0 Å². The van der Waals surface area contributed by atoms with Crippen LogP contribution < -0.4 is 16.4 Å². The van der Waals surface area contributed by atoms with Gasteiger partial charge in [-0.25, -0.2) is 0 Å². The van der Waals surface area contributed by atoms with E-state index in [0.717, 1.165) is 36.3 Å². The Kier molecular flexibility index (Phi) is 6.41. The van der Waals surface area contributed by atoms with Gasteiger partial charge in [0.15, 0.2) is 0 Å². The summed E-state index contributed by atoms with van der Waals surface area (Å²) in [5, 5.41) is 0. The van der Waals surface area contributed by atoms with Crippen molar-refractivity contribution >= 4 is 17.3 Å². The highest BCUT2D eigenvalue weighted by Crippen LogP contribution is 2.26. The zero-order valence-electron chi connectivity index (χ0n) is 14.0. The summed E-state index contributed by atoms with van der Waals surface area (Å²) in [7, 11) is 0. The van der Waals surface area contributed by atoms with E-state index in [2.05, 4.69) is 17.9 Å². The molecular formula is C20H23N3O. The van der Waals surface area contributed by atoms with Crippen LogP contribution >= 0.6 is 0 Å². The first-order valence-corrected chi connectivity index (χ1v) is 8.02. The van der Waals surface area contributed by atoms with Crippen LogP contribution in [0.1, 0.15) is 24.5 Å². The number of fused-ring (bicyclic) bond motifs is 1. The minimum atomic E-state index is 0.146. The lowest BCUT2D eigenvalue weighted by molar-refractivity contribution is -0.116. The van der Waals surface area contributed by atoms with Gasteiger partial charge in [0.25, 0.3) is 0 Å². The largest absolute Gasteiger partial charge is 0.399 e. The molecule has 1 aliphatic rings. The minimum Gasteiger partial charge on any atom is -0.399 e. The first-order chi connectivity index (χ1) is 11.6. The number of para-hydroxylation sites is 1. The third-order valence-corrected chi connectivity index (χ3v) is 3.74. The van der Waals surface area contributed by atoms with Gasteiger partial charge in [-0.2, -0.15) is 0 Å². The maximum absolute atomic E-state index is 11.3. The molecule has 2 aromatic rings. The molecule has 4 N–H and O–H groups in total. The van der Waals surface area contributed by atoms with Crippen molar-refractivity contribution in [2.45, 2.75) is 19.8 Å². The highest BCUT2D eigenvalue weighted by Gasteiger charge is 2.18. The fraction of sp³-hybridized carbons (Fsp3) is 0.250. The number of carbonyl (C=O) groups is 1. The van der Waals surface area contributed by atoms with Gasteiger partial charge in [-0.1, -0.05) is 30.0 Å². The molecule has 0 bridgehead atoms. The molecule has 0 aromatic heterocycles. The molecule has 0 saturated heterocycles. The van der Waals surface area contributed by atoms with Gasteiger partial charge in [0.1, 0.15) is 0 Å². The van der Waals surface area contributed by atoms with Crippen LogP contribution in [0, 0.1) is 11.8 Å². The topological polar surface area (TPSA) is 72.3 Å². The molecule has 4 nitrogen and oxygen atoms in total. The van der Waals surface area contributed by atoms with Crippen LogP contribution in [-0.2, 0) is 11.2 Å². The number of carbonyl (C=O) groups excluding carboxylic acids is 1. The third kappa shape index (κ3) is 4.87. The summed E-state index contributed by atoms with van der Waals surface area (Å²) < 4.78 is 0. The molecular weight excluding hydrogens is 298 g/mol. The van der Waals surface area contributed by atoms with Crippen LogP contribution in [0.3, 0.4) is 0 Å². The normalized spacial score (nSPS) is 12.2. The van der Waals surface area contributed by atoms with E-state index in [0.29, 0.717) is 6.54 Å². The number of hydrogen-bond acceptors (Lipinski definition) is 3. The number of anilines is 2. The lowest BCUT2D eigenvalue weighted by Gasteiger charge is -2.28. The fourth-order valence-corrected chi connectivity index (χ4v) is 2.58. The summed E-state index contributed by atoms with van der Waals surface area (Å²) in [6, 6.07) is 15.5. The van der Waals surface area contributed by atoms with Crippen molar-refractivity contribution < 1.29 is 4.79 Å². The van der Waals surface area contributed by atoms with Crippen molar-refractivity contribution in [1.82, 2.24) is 0 Å². The monoisotopic (exact) mass is 321 g/mol. The van der Waals surface area contributed by atoms with Gasteiger partial charge < -0.3 is 16.4 Å². The van der Waals surface area contributed by atoms with Crippen molar-refractivity contribution in [3.05, 3.63) is 59.7 Å². The Morgan fingerprint density at radius 2 is 1.88 bits per heavy atom. The number of rotatable bonds is 0. The smallest absolute Gasteiger partial charge is 0.223 e. The second kappa shape index (κ2) is 8.76. The second-order valence-electron chi connectivity index (χ2n) is 5.53. The summed E-state index contributed by atoms with van der Waals surface area (Å²) in [6.07, 6.45) is 2.18. The van der Waals surface area contributed by atoms with Gasteiger partial charge in [0, 0.05) is 30.4 Å². The predicted molar refractivity (Wildman–Crippen MR) is 99.6 cm³/mol. The van der Waals surface area contributed by atoms with Crippen LogP contribution in [0.2, 0.25) is 0 Å². The summed E-state index contributed by atoms with van der Waals surface area (Å²) in [5.41, 5.74) is 14.8. The predicted octanol–water partition coefficient (Wildman–Crippen LogP) is 2.56. The average Bonchev–Trinajstić information content (AvgIpc) is 2.61. The van der Waals surface area contributed by atoms with Crippen LogP contribution in [0.4, 0.5) is 11.4 Å². The van der Waals surface area contributed by atoms with Crippen LogP contribution in [-0.4, -0.2) is 19.0 Å². The van der Waals surface area contributed by atoms with Gasteiger partial charge in [0.05, 0.1) is 6.54 Å². The van der Waals surface area contributed by atoms with E-state index in [4.69, 9.17) is 11.5 Å². The molecule has 0 radical (unpaired) electrons. The number of nitrogens with zero attached hydrogens (tertiary/aromatic N) is 1. The van der Waals surface area contributed by atoms with Crippen molar-refractivity contribution in [2.75, 3.05) is 23.7 Å². The maximum Gasteiger partial charge on any atom is 0.223 e. The third-order valence-electron chi connectivity index (χ3n) is 3.74. The number of benzene rings is 2. The van der Waals surface area contributed by atoms with Crippen LogP contribution in [0.15, 0.2) is 48.5 Å². The van der Waals surface area contributed by atoms with Crippen molar-refractivity contribution in [2.24, 2.45) is 5.73 Å². The fourth-order valence-electron chi connectivity index (χ4n) is 2.58. The zero-order valence-corrected chi connectivity index (χ0v) is 14.0.